The number of anilines is 6. The lowest BCUT2D eigenvalue weighted by atomic mass is 10.0. The van der Waals surface area contributed by atoms with Crippen molar-refractivity contribution in [3.05, 3.63) is 125 Å². The molecule has 0 fully saturated rings. The van der Waals surface area contributed by atoms with E-state index in [0.717, 1.165) is 16.9 Å². The Labute approximate surface area is 388 Å². The molecule has 5 N–H and O–H groups in total. The number of fused-ring (bicyclic) bond motifs is 1. The van der Waals surface area contributed by atoms with Gasteiger partial charge < -0.3 is 10.2 Å². The van der Waals surface area contributed by atoms with Gasteiger partial charge in [-0.25, -0.2) is 4.98 Å². The molecule has 7 rings (SSSR count). The maximum Gasteiger partial charge on any atom is 0.295 e. The van der Waals surface area contributed by atoms with Gasteiger partial charge in [0, 0.05) is 41.3 Å². The van der Waals surface area contributed by atoms with Crippen molar-refractivity contribution in [3.8, 4) is 23.3 Å². The van der Waals surface area contributed by atoms with Crippen LogP contribution in [0.25, 0.3) is 21.9 Å². The summed E-state index contributed by atoms with van der Waals surface area (Å²) in [5, 5.41) is 36.2. The van der Waals surface area contributed by atoms with Gasteiger partial charge in [0.25, 0.3) is 30.4 Å². The first-order valence-electron chi connectivity index (χ1n) is 19.0. The Morgan fingerprint density at radius 1 is 0.742 bits per heavy atom. The van der Waals surface area contributed by atoms with Crippen LogP contribution in [-0.2, 0) is 30.4 Å². The largest absolute Gasteiger partial charge is 0.338 e. The molecule has 2 heterocycles. The molecule has 0 aliphatic rings. The standard InChI is InChI=1S/C43H35N9O9S5/c1-24-8-10-26(11-9-24)38-35(23-45)42(63-43(38)49-48-28-20-33-32(36(62)21-28)6-5-7-37(33)66(59,60)61)50-52(4)39-25(2)34(22-44)41(51(3)29-14-18-31(19-15-29)65(56,57)58)47-40(39)46-27-12-16-30(17-13-27)64(53,54)55/h5-21,50,62H,1-4H3,(H,46,47)(H,53,54,55)(H,56,57,58)(H,59,60,61). The smallest absolute Gasteiger partial charge is 0.295 e. The minimum atomic E-state index is -4.62. The van der Waals surface area contributed by atoms with Crippen molar-refractivity contribution in [2.45, 2.75) is 33.4 Å². The number of benzene rings is 5. The maximum absolute atomic E-state index is 12.3. The predicted molar refractivity (Wildman–Crippen MR) is 254 cm³/mol. The molecule has 0 saturated heterocycles. The Bertz CT molecular complexity index is 3540. The summed E-state index contributed by atoms with van der Waals surface area (Å²) in [5.41, 5.74) is 7.05. The van der Waals surface area contributed by atoms with Gasteiger partial charge in [0.1, 0.15) is 38.3 Å². The SMILES string of the molecule is Cc1ccc(-c2c(N=Nc3cc(S)c4cccc(S(=O)(=O)O)c4c3)sc(NN(C)c3c(Nc4ccc(S(=O)(=O)O)cc4)nc(N(C)c4ccc(S(=O)(=O)O)cc4)c(C#N)c3C)c2C#N)cc1. The Kier molecular flexibility index (Phi) is 12.9. The highest BCUT2D eigenvalue weighted by molar-refractivity contribution is 7.86. The molecule has 7 aromatic rings. The summed E-state index contributed by atoms with van der Waals surface area (Å²) in [6, 6.07) is 29.6. The Morgan fingerprint density at radius 2 is 1.35 bits per heavy atom. The second-order valence-corrected chi connectivity index (χ2v) is 20.2. The van der Waals surface area contributed by atoms with Crippen LogP contribution in [0.1, 0.15) is 22.3 Å². The molecule has 0 aliphatic heterocycles. The fourth-order valence-corrected chi connectivity index (χ4v) is 9.96. The van der Waals surface area contributed by atoms with E-state index in [1.807, 2.05) is 31.2 Å². The fourth-order valence-electron chi connectivity index (χ4n) is 6.94. The van der Waals surface area contributed by atoms with E-state index in [1.54, 1.807) is 33.2 Å². The topological polar surface area (TPSA) is 279 Å². The van der Waals surface area contributed by atoms with Gasteiger partial charge in [0.05, 0.1) is 21.0 Å². The number of nitriles is 2. The zero-order valence-corrected chi connectivity index (χ0v) is 39.0. The van der Waals surface area contributed by atoms with E-state index < -0.39 is 30.4 Å². The van der Waals surface area contributed by atoms with Crippen molar-refractivity contribution in [3.63, 3.8) is 0 Å². The molecule has 2 aromatic heterocycles. The monoisotopic (exact) mass is 981 g/mol. The number of azo groups is 1. The van der Waals surface area contributed by atoms with Crippen LogP contribution >= 0.6 is 24.0 Å². The number of hydrogen-bond donors (Lipinski definition) is 6. The third-order valence-electron chi connectivity index (χ3n) is 10.2. The summed E-state index contributed by atoms with van der Waals surface area (Å²) >= 11 is 5.59. The van der Waals surface area contributed by atoms with Crippen molar-refractivity contribution >= 4 is 109 Å². The normalized spacial score (nSPS) is 11.9. The molecule has 0 radical (unpaired) electrons. The maximum atomic E-state index is 12.3. The van der Waals surface area contributed by atoms with Gasteiger partial charge in [-0.15, -0.1) is 22.9 Å². The first-order valence-corrected chi connectivity index (χ1v) is 24.6. The van der Waals surface area contributed by atoms with E-state index in [4.69, 9.17) is 4.98 Å². The van der Waals surface area contributed by atoms with Crippen molar-refractivity contribution < 1.29 is 38.9 Å². The number of nitrogens with zero attached hydrogens (tertiary/aromatic N) is 7. The minimum Gasteiger partial charge on any atom is -0.338 e. The van der Waals surface area contributed by atoms with Crippen LogP contribution in [0.3, 0.4) is 0 Å². The summed E-state index contributed by atoms with van der Waals surface area (Å²) in [7, 11) is -10.4. The van der Waals surface area contributed by atoms with Crippen LogP contribution in [0.15, 0.2) is 133 Å². The molecule has 0 unspecified atom stereocenters. The van der Waals surface area contributed by atoms with Crippen LogP contribution in [0.2, 0.25) is 0 Å². The van der Waals surface area contributed by atoms with E-state index in [1.165, 1.54) is 76.6 Å². The van der Waals surface area contributed by atoms with Crippen molar-refractivity contribution in [2.24, 2.45) is 10.2 Å². The molecular weight excluding hydrogens is 947 g/mol. The van der Waals surface area contributed by atoms with Crippen LogP contribution in [-0.4, -0.2) is 58.0 Å². The molecule has 0 amide bonds. The van der Waals surface area contributed by atoms with Crippen LogP contribution < -0.4 is 20.7 Å². The fraction of sp³-hybridized carbons (Fsp3) is 0.0930. The lowest BCUT2D eigenvalue weighted by Crippen LogP contribution is -2.28. The van der Waals surface area contributed by atoms with E-state index >= 15 is 0 Å². The van der Waals surface area contributed by atoms with Crippen LogP contribution in [0.4, 0.5) is 44.4 Å². The molecule has 0 bridgehead atoms. The highest BCUT2D eigenvalue weighted by Gasteiger charge is 2.27. The first kappa shape index (κ1) is 47.0. The van der Waals surface area contributed by atoms with Gasteiger partial charge in [-0.05, 0) is 97.1 Å². The lowest BCUT2D eigenvalue weighted by Gasteiger charge is -2.29. The molecule has 0 aliphatic carbocycles. The van der Waals surface area contributed by atoms with Gasteiger partial charge in [-0.2, -0.15) is 35.8 Å². The first-order chi connectivity index (χ1) is 31.1. The third-order valence-corrected chi connectivity index (χ3v) is 14.2. The lowest BCUT2D eigenvalue weighted by molar-refractivity contribution is 0.481. The molecule has 0 spiro atoms. The van der Waals surface area contributed by atoms with Gasteiger partial charge in [-0.1, -0.05) is 53.3 Å². The van der Waals surface area contributed by atoms with Crippen molar-refractivity contribution in [2.75, 3.05) is 34.7 Å². The zero-order valence-electron chi connectivity index (χ0n) is 34.8. The molecule has 5 aromatic carbocycles. The van der Waals surface area contributed by atoms with Crippen molar-refractivity contribution in [1.82, 2.24) is 4.98 Å². The quantitative estimate of drug-likeness (QED) is 0.0271. The predicted octanol–water partition coefficient (Wildman–Crippen LogP) is 9.74. The van der Waals surface area contributed by atoms with E-state index in [2.05, 4.69) is 45.7 Å². The number of aromatic nitrogens is 1. The highest BCUT2D eigenvalue weighted by atomic mass is 32.2. The number of aryl methyl sites for hydroxylation is 1. The number of hydrazine groups is 1. The molecular formula is C43H35N9O9S5. The van der Waals surface area contributed by atoms with Crippen LogP contribution in [0, 0.1) is 36.5 Å². The highest BCUT2D eigenvalue weighted by Crippen LogP contribution is 2.48. The number of thiol groups is 1. The minimum absolute atomic E-state index is 0.0879. The van der Waals surface area contributed by atoms with E-state index in [9.17, 15) is 49.4 Å². The number of rotatable bonds is 13. The molecule has 336 valence electrons. The molecule has 23 heteroatoms. The average molecular weight is 982 g/mol. The zero-order chi connectivity index (χ0) is 47.9. The number of nitrogens with one attached hydrogen (secondary N) is 2. The summed E-state index contributed by atoms with van der Waals surface area (Å²) < 4.78 is 101. The van der Waals surface area contributed by atoms with E-state index in [-0.39, 0.29) is 64.2 Å². The second-order valence-electron chi connectivity index (χ2n) is 14.5. The van der Waals surface area contributed by atoms with Crippen LogP contribution in [0.5, 0.6) is 0 Å². The van der Waals surface area contributed by atoms with E-state index in [0.29, 0.717) is 38.3 Å². The molecule has 18 nitrogen and oxygen atoms in total. The molecule has 66 heavy (non-hydrogen) atoms. The summed E-state index contributed by atoms with van der Waals surface area (Å²) in [6.07, 6.45) is 0. The molecule has 0 saturated carbocycles. The Hall–Kier alpha value is -6.93. The Morgan fingerprint density at radius 3 is 1.92 bits per heavy atom. The number of thiophene rings is 1. The second kappa shape index (κ2) is 18.2. The van der Waals surface area contributed by atoms with Gasteiger partial charge in [-0.3, -0.25) is 24.1 Å². The van der Waals surface area contributed by atoms with Gasteiger partial charge >= 0.3 is 0 Å². The van der Waals surface area contributed by atoms with Crippen molar-refractivity contribution in [1.29, 1.82) is 10.5 Å². The number of hydrogen-bond acceptors (Lipinski definition) is 17. The van der Waals surface area contributed by atoms with Gasteiger partial charge in [0.15, 0.2) is 11.6 Å². The average Bonchev–Trinajstić information content (AvgIpc) is 3.61. The Balaban J connectivity index is 1.36. The summed E-state index contributed by atoms with van der Waals surface area (Å²) in [6.45, 7) is 3.56. The summed E-state index contributed by atoms with van der Waals surface area (Å²) in [4.78, 5) is 5.68. The summed E-state index contributed by atoms with van der Waals surface area (Å²) in [5.74, 6) is 0.234. The van der Waals surface area contributed by atoms with Gasteiger partial charge in [0.2, 0.25) is 0 Å². The molecule has 0 atom stereocenters. The third kappa shape index (κ3) is 9.69. The number of pyridine rings is 1.